The third-order valence-electron chi connectivity index (χ3n) is 4.23. The Labute approximate surface area is 183 Å². The maximum atomic E-state index is 13.9. The van der Waals surface area contributed by atoms with Gasteiger partial charge in [-0.3, -0.25) is 9.78 Å². The van der Waals surface area contributed by atoms with Crippen molar-refractivity contribution in [3.05, 3.63) is 76.3 Å². The lowest BCUT2D eigenvalue weighted by Crippen LogP contribution is -2.37. The number of benzene rings is 1. The normalized spacial score (nSPS) is 10.5. The van der Waals surface area contributed by atoms with E-state index in [4.69, 9.17) is 4.74 Å². The van der Waals surface area contributed by atoms with Gasteiger partial charge in [-0.05, 0) is 24.3 Å². The van der Waals surface area contributed by atoms with E-state index in [1.807, 2.05) is 12.1 Å². The van der Waals surface area contributed by atoms with Crippen molar-refractivity contribution in [3.8, 4) is 0 Å². The van der Waals surface area contributed by atoms with Crippen LogP contribution in [0.2, 0.25) is 0 Å². The Kier molecular flexibility index (Phi) is 8.02. The minimum atomic E-state index is -0.524. The molecule has 0 atom stereocenters. The Balaban J connectivity index is 1.62. The van der Waals surface area contributed by atoms with Gasteiger partial charge in [-0.2, -0.15) is 0 Å². The Bertz CT molecular complexity index is 1020. The number of urea groups is 1. The number of rotatable bonds is 9. The van der Waals surface area contributed by atoms with Gasteiger partial charge >= 0.3 is 6.03 Å². The number of aromatic nitrogens is 2. The average molecular weight is 444 g/mol. The number of para-hydroxylation sites is 1. The second-order valence-electron chi connectivity index (χ2n) is 6.45. The predicted molar refractivity (Wildman–Crippen MR) is 115 cm³/mol. The topological polar surface area (TPSA) is 96.4 Å². The van der Waals surface area contributed by atoms with Gasteiger partial charge in [0.2, 0.25) is 0 Å². The number of anilines is 1. The van der Waals surface area contributed by atoms with Gasteiger partial charge in [-0.1, -0.05) is 18.2 Å². The fraction of sp³-hybridized carbons (Fsp3) is 0.238. The van der Waals surface area contributed by atoms with E-state index in [1.54, 1.807) is 29.8 Å². The second-order valence-corrected chi connectivity index (χ2v) is 7.40. The molecule has 2 N–H and O–H groups in total. The summed E-state index contributed by atoms with van der Waals surface area (Å²) in [7, 11) is 1.53. The van der Waals surface area contributed by atoms with E-state index < -0.39 is 11.8 Å². The van der Waals surface area contributed by atoms with Gasteiger partial charge in [0, 0.05) is 25.2 Å². The van der Waals surface area contributed by atoms with Crippen molar-refractivity contribution in [2.24, 2.45) is 0 Å². The van der Waals surface area contributed by atoms with Gasteiger partial charge in [-0.25, -0.2) is 14.2 Å². The van der Waals surface area contributed by atoms with Crippen LogP contribution in [-0.2, 0) is 17.8 Å². The van der Waals surface area contributed by atoms with Crippen molar-refractivity contribution >= 4 is 29.0 Å². The molecule has 3 aromatic rings. The Morgan fingerprint density at radius 2 is 2.00 bits per heavy atom. The molecule has 0 aliphatic heterocycles. The van der Waals surface area contributed by atoms with Crippen molar-refractivity contribution in [2.45, 2.75) is 13.1 Å². The highest BCUT2D eigenvalue weighted by Gasteiger charge is 2.18. The van der Waals surface area contributed by atoms with Gasteiger partial charge in [0.15, 0.2) is 0 Å². The number of ether oxygens (including phenoxy) is 1. The second kappa shape index (κ2) is 11.1. The molecule has 8 nitrogen and oxygen atoms in total. The standard InChI is InChI=1S/C21H22FN5O3S/c1-30-11-10-27(21(29)26-17-8-3-2-7-16(17)22)13-19-25-18(14-31-19)20(28)24-12-15-6-4-5-9-23-15/h2-9,14H,10-13H2,1H3,(H,24,28)(H,26,29). The molecule has 0 saturated heterocycles. The first-order valence-electron chi connectivity index (χ1n) is 9.48. The highest BCUT2D eigenvalue weighted by atomic mass is 32.1. The maximum absolute atomic E-state index is 13.9. The number of pyridine rings is 1. The minimum Gasteiger partial charge on any atom is -0.383 e. The average Bonchev–Trinajstić information content (AvgIpc) is 3.26. The minimum absolute atomic E-state index is 0.0867. The van der Waals surface area contributed by atoms with Crippen LogP contribution in [0.3, 0.4) is 0 Å². The summed E-state index contributed by atoms with van der Waals surface area (Å²) >= 11 is 1.26. The monoisotopic (exact) mass is 443 g/mol. The summed E-state index contributed by atoms with van der Waals surface area (Å²) in [5.74, 6) is -0.851. The van der Waals surface area contributed by atoms with Crippen molar-refractivity contribution in [1.82, 2.24) is 20.2 Å². The Morgan fingerprint density at radius 1 is 1.19 bits per heavy atom. The highest BCUT2D eigenvalue weighted by molar-refractivity contribution is 7.09. The van der Waals surface area contributed by atoms with Crippen LogP contribution in [0.15, 0.2) is 54.0 Å². The van der Waals surface area contributed by atoms with Crippen LogP contribution in [-0.4, -0.2) is 47.1 Å². The number of carbonyl (C=O) groups excluding carboxylic acids is 2. The third-order valence-corrected chi connectivity index (χ3v) is 5.07. The van der Waals surface area contributed by atoms with Crippen LogP contribution >= 0.6 is 11.3 Å². The molecule has 2 aromatic heterocycles. The first-order chi connectivity index (χ1) is 15.1. The van der Waals surface area contributed by atoms with Crippen LogP contribution in [0, 0.1) is 5.82 Å². The number of hydrogen-bond donors (Lipinski definition) is 2. The van der Waals surface area contributed by atoms with E-state index in [9.17, 15) is 14.0 Å². The lowest BCUT2D eigenvalue weighted by Gasteiger charge is -2.22. The van der Waals surface area contributed by atoms with Gasteiger partial charge < -0.3 is 20.3 Å². The maximum Gasteiger partial charge on any atom is 0.322 e. The van der Waals surface area contributed by atoms with Crippen molar-refractivity contribution in [3.63, 3.8) is 0 Å². The molecule has 0 aliphatic rings. The van der Waals surface area contributed by atoms with E-state index in [-0.39, 0.29) is 36.9 Å². The number of methoxy groups -OCH3 is 1. The van der Waals surface area contributed by atoms with Gasteiger partial charge in [-0.15, -0.1) is 11.3 Å². The van der Waals surface area contributed by atoms with E-state index in [2.05, 4.69) is 20.6 Å². The van der Waals surface area contributed by atoms with E-state index in [1.165, 1.54) is 35.5 Å². The molecule has 0 radical (unpaired) electrons. The fourth-order valence-corrected chi connectivity index (χ4v) is 3.41. The predicted octanol–water partition coefficient (Wildman–Crippen LogP) is 3.29. The van der Waals surface area contributed by atoms with Gasteiger partial charge in [0.25, 0.3) is 5.91 Å². The number of amides is 3. The van der Waals surface area contributed by atoms with Crippen molar-refractivity contribution in [2.75, 3.05) is 25.6 Å². The third kappa shape index (κ3) is 6.56. The molecule has 0 saturated carbocycles. The lowest BCUT2D eigenvalue weighted by molar-refractivity contribution is 0.0945. The highest BCUT2D eigenvalue weighted by Crippen LogP contribution is 2.16. The zero-order chi connectivity index (χ0) is 22.1. The van der Waals surface area contributed by atoms with E-state index in [0.29, 0.717) is 11.6 Å². The molecule has 2 heterocycles. The van der Waals surface area contributed by atoms with Crippen LogP contribution in [0.5, 0.6) is 0 Å². The number of hydrogen-bond acceptors (Lipinski definition) is 6. The van der Waals surface area contributed by atoms with Crippen LogP contribution in [0.1, 0.15) is 21.2 Å². The molecule has 0 spiro atoms. The van der Waals surface area contributed by atoms with Crippen molar-refractivity contribution in [1.29, 1.82) is 0 Å². The number of nitrogens with zero attached hydrogens (tertiary/aromatic N) is 3. The number of thiazole rings is 1. The molecule has 3 amide bonds. The number of halogens is 1. The summed E-state index contributed by atoms with van der Waals surface area (Å²) in [4.78, 5) is 34.9. The fourth-order valence-electron chi connectivity index (χ4n) is 2.63. The van der Waals surface area contributed by atoms with Gasteiger partial charge in [0.1, 0.15) is 16.5 Å². The van der Waals surface area contributed by atoms with E-state index in [0.717, 1.165) is 5.69 Å². The summed E-state index contributed by atoms with van der Waals surface area (Å²) < 4.78 is 18.9. The molecule has 162 valence electrons. The molecule has 10 heteroatoms. The zero-order valence-electron chi connectivity index (χ0n) is 16.9. The largest absolute Gasteiger partial charge is 0.383 e. The SMILES string of the molecule is COCCN(Cc1nc(C(=O)NCc2ccccn2)cs1)C(=O)Nc1ccccc1F. The van der Waals surface area contributed by atoms with Crippen LogP contribution in [0.25, 0.3) is 0 Å². The molecule has 3 rings (SSSR count). The van der Waals surface area contributed by atoms with Crippen molar-refractivity contribution < 1.29 is 18.7 Å². The molecule has 0 fully saturated rings. The lowest BCUT2D eigenvalue weighted by atomic mass is 10.3. The summed E-state index contributed by atoms with van der Waals surface area (Å²) in [6.45, 7) is 1.02. The Morgan fingerprint density at radius 3 is 2.74 bits per heavy atom. The molecule has 31 heavy (non-hydrogen) atoms. The number of nitrogens with one attached hydrogen (secondary N) is 2. The molecule has 0 aliphatic carbocycles. The van der Waals surface area contributed by atoms with Crippen LogP contribution in [0.4, 0.5) is 14.9 Å². The first-order valence-corrected chi connectivity index (χ1v) is 10.4. The molecular weight excluding hydrogens is 421 g/mol. The summed E-state index contributed by atoms with van der Waals surface area (Å²) in [5.41, 5.74) is 1.09. The molecule has 1 aromatic carbocycles. The molecule has 0 unspecified atom stereocenters. The zero-order valence-corrected chi connectivity index (χ0v) is 17.7. The van der Waals surface area contributed by atoms with Gasteiger partial charge in [0.05, 0.1) is 31.1 Å². The Hall–Kier alpha value is -3.37. The first kappa shape index (κ1) is 22.3. The summed E-state index contributed by atoms with van der Waals surface area (Å²) in [6.07, 6.45) is 1.66. The summed E-state index contributed by atoms with van der Waals surface area (Å²) in [5, 5.41) is 7.52. The number of carbonyl (C=O) groups is 2. The molecule has 0 bridgehead atoms. The smallest absolute Gasteiger partial charge is 0.322 e. The quantitative estimate of drug-likeness (QED) is 0.529. The van der Waals surface area contributed by atoms with Crippen LogP contribution < -0.4 is 10.6 Å². The molecular formula is C21H22FN5O3S. The van der Waals surface area contributed by atoms with E-state index >= 15 is 0 Å². The summed E-state index contributed by atoms with van der Waals surface area (Å²) in [6, 6.07) is 10.9.